The van der Waals surface area contributed by atoms with Crippen molar-refractivity contribution < 1.29 is 0 Å². The number of fused-ring (bicyclic) bond motifs is 3. The van der Waals surface area contributed by atoms with Crippen LogP contribution in [0.25, 0.3) is 21.8 Å². The molecule has 4 rings (SSSR count). The summed E-state index contributed by atoms with van der Waals surface area (Å²) in [7, 11) is 0. The van der Waals surface area contributed by atoms with Gasteiger partial charge in [-0.05, 0) is 12.1 Å². The highest BCUT2D eigenvalue weighted by molar-refractivity contribution is 7.09. The zero-order chi connectivity index (χ0) is 14.2. The van der Waals surface area contributed by atoms with Crippen molar-refractivity contribution in [2.75, 3.05) is 0 Å². The standard InChI is InChI=1S/C17H13ClN2S/c18-9-12-11-21-17(19-12)10-20-15-7-3-1-5-13(15)14-6-2-4-8-16(14)20/h1-8,11H,9-10H2. The molecule has 4 heteroatoms. The molecule has 0 saturated heterocycles. The van der Waals surface area contributed by atoms with E-state index in [1.54, 1.807) is 11.3 Å². The average molecular weight is 313 g/mol. The van der Waals surface area contributed by atoms with Gasteiger partial charge in [-0.15, -0.1) is 22.9 Å². The maximum Gasteiger partial charge on any atom is 0.113 e. The van der Waals surface area contributed by atoms with Gasteiger partial charge in [0.2, 0.25) is 0 Å². The molecule has 0 radical (unpaired) electrons. The first-order valence-corrected chi connectivity index (χ1v) is 8.23. The van der Waals surface area contributed by atoms with Crippen LogP contribution in [0.3, 0.4) is 0 Å². The number of thiazole rings is 1. The SMILES string of the molecule is ClCc1csc(Cn2c3ccccc3c3ccccc32)n1. The fourth-order valence-corrected chi connectivity index (χ4v) is 3.80. The van der Waals surface area contributed by atoms with E-state index in [9.17, 15) is 0 Å². The zero-order valence-electron chi connectivity index (χ0n) is 11.3. The molecule has 0 aliphatic heterocycles. The van der Waals surface area contributed by atoms with Gasteiger partial charge in [-0.1, -0.05) is 36.4 Å². The van der Waals surface area contributed by atoms with E-state index in [0.29, 0.717) is 5.88 Å². The monoisotopic (exact) mass is 312 g/mol. The lowest BCUT2D eigenvalue weighted by Crippen LogP contribution is -1.99. The number of para-hydroxylation sites is 2. The Morgan fingerprint density at radius 2 is 1.57 bits per heavy atom. The van der Waals surface area contributed by atoms with Crippen molar-refractivity contribution in [3.8, 4) is 0 Å². The molecule has 0 fully saturated rings. The first-order valence-electron chi connectivity index (χ1n) is 6.82. The largest absolute Gasteiger partial charge is 0.334 e. The van der Waals surface area contributed by atoms with Crippen LogP contribution in [0, 0.1) is 0 Å². The number of benzene rings is 2. The average Bonchev–Trinajstić information content (AvgIpc) is 3.12. The molecule has 2 heterocycles. The molecule has 0 saturated carbocycles. The van der Waals surface area contributed by atoms with Crippen molar-refractivity contribution >= 4 is 44.7 Å². The first kappa shape index (κ1) is 12.9. The Morgan fingerprint density at radius 3 is 2.14 bits per heavy atom. The van der Waals surface area contributed by atoms with Crippen LogP contribution >= 0.6 is 22.9 Å². The van der Waals surface area contributed by atoms with Gasteiger partial charge in [0.05, 0.1) is 18.1 Å². The molecule has 0 spiro atoms. The topological polar surface area (TPSA) is 17.8 Å². The summed E-state index contributed by atoms with van der Waals surface area (Å²) in [5.41, 5.74) is 3.46. The molecular formula is C17H13ClN2S. The van der Waals surface area contributed by atoms with E-state index in [1.165, 1.54) is 21.8 Å². The summed E-state index contributed by atoms with van der Waals surface area (Å²) in [5.74, 6) is 0.476. The lowest BCUT2D eigenvalue weighted by molar-refractivity contribution is 0.853. The molecule has 2 nitrogen and oxygen atoms in total. The fraction of sp³-hybridized carbons (Fsp3) is 0.118. The van der Waals surface area contributed by atoms with Crippen molar-refractivity contribution in [1.82, 2.24) is 9.55 Å². The summed E-state index contributed by atoms with van der Waals surface area (Å²) in [6.07, 6.45) is 0. The summed E-state index contributed by atoms with van der Waals surface area (Å²) >= 11 is 7.52. The Morgan fingerprint density at radius 1 is 0.952 bits per heavy atom. The van der Waals surface area contributed by atoms with E-state index in [-0.39, 0.29) is 0 Å². The molecule has 0 aliphatic rings. The summed E-state index contributed by atoms with van der Waals surface area (Å²) in [6.45, 7) is 0.787. The third-order valence-corrected chi connectivity index (χ3v) is 4.87. The van der Waals surface area contributed by atoms with E-state index < -0.39 is 0 Å². The summed E-state index contributed by atoms with van der Waals surface area (Å²) in [4.78, 5) is 4.58. The van der Waals surface area contributed by atoms with Crippen LogP contribution in [-0.4, -0.2) is 9.55 Å². The van der Waals surface area contributed by atoms with Gasteiger partial charge in [-0.2, -0.15) is 0 Å². The molecular weight excluding hydrogens is 300 g/mol. The number of alkyl halides is 1. The van der Waals surface area contributed by atoms with Crippen LogP contribution in [-0.2, 0) is 12.4 Å². The van der Waals surface area contributed by atoms with Crippen molar-refractivity contribution in [2.24, 2.45) is 0 Å². The van der Waals surface area contributed by atoms with Gasteiger partial charge < -0.3 is 4.57 Å². The quantitative estimate of drug-likeness (QED) is 0.485. The molecule has 0 bridgehead atoms. The first-order chi connectivity index (χ1) is 10.4. The Balaban J connectivity index is 1.93. The number of nitrogens with zero attached hydrogens (tertiary/aromatic N) is 2. The summed E-state index contributed by atoms with van der Waals surface area (Å²) in [5, 5.41) is 5.72. The van der Waals surface area contributed by atoms with Crippen LogP contribution in [0.5, 0.6) is 0 Å². The number of halogens is 1. The van der Waals surface area contributed by atoms with Crippen LogP contribution in [0.1, 0.15) is 10.7 Å². The molecule has 21 heavy (non-hydrogen) atoms. The van der Waals surface area contributed by atoms with E-state index in [1.807, 2.05) is 5.38 Å². The molecule has 0 amide bonds. The van der Waals surface area contributed by atoms with Crippen molar-refractivity contribution in [1.29, 1.82) is 0 Å². The molecule has 0 aliphatic carbocycles. The minimum absolute atomic E-state index is 0.476. The molecule has 2 aromatic heterocycles. The molecule has 104 valence electrons. The minimum Gasteiger partial charge on any atom is -0.334 e. The lowest BCUT2D eigenvalue weighted by atomic mass is 10.2. The molecule has 4 aromatic rings. The van der Waals surface area contributed by atoms with Gasteiger partial charge in [-0.3, -0.25) is 0 Å². The number of aromatic nitrogens is 2. The van der Waals surface area contributed by atoms with Crippen molar-refractivity contribution in [3.05, 3.63) is 64.6 Å². The highest BCUT2D eigenvalue weighted by Crippen LogP contribution is 2.29. The van der Waals surface area contributed by atoms with Gasteiger partial charge in [0.15, 0.2) is 0 Å². The Kier molecular flexibility index (Phi) is 3.17. The maximum absolute atomic E-state index is 5.85. The summed E-state index contributed by atoms with van der Waals surface area (Å²) in [6, 6.07) is 17.1. The van der Waals surface area contributed by atoms with Gasteiger partial charge in [0.25, 0.3) is 0 Å². The highest BCUT2D eigenvalue weighted by Gasteiger charge is 2.11. The zero-order valence-corrected chi connectivity index (χ0v) is 12.9. The van der Waals surface area contributed by atoms with Gasteiger partial charge in [0, 0.05) is 27.2 Å². The normalized spacial score (nSPS) is 11.5. The van der Waals surface area contributed by atoms with Crippen LogP contribution in [0.4, 0.5) is 0 Å². The predicted octanol–water partition coefficient (Wildman–Crippen LogP) is 5.04. The minimum atomic E-state index is 0.476. The molecule has 0 unspecified atom stereocenters. The van der Waals surface area contributed by atoms with Crippen molar-refractivity contribution in [3.63, 3.8) is 0 Å². The third-order valence-electron chi connectivity index (χ3n) is 3.71. The lowest BCUT2D eigenvalue weighted by Gasteiger charge is -2.04. The maximum atomic E-state index is 5.85. The number of hydrogen-bond acceptors (Lipinski definition) is 2. The second kappa shape index (κ2) is 5.17. The fourth-order valence-electron chi connectivity index (χ4n) is 2.79. The second-order valence-electron chi connectivity index (χ2n) is 4.99. The number of hydrogen-bond donors (Lipinski definition) is 0. The third kappa shape index (κ3) is 2.13. The van der Waals surface area contributed by atoms with E-state index >= 15 is 0 Å². The van der Waals surface area contributed by atoms with Gasteiger partial charge in [-0.25, -0.2) is 4.98 Å². The van der Waals surface area contributed by atoms with Crippen LogP contribution in [0.15, 0.2) is 53.9 Å². The Bertz CT molecular complexity index is 869. The summed E-state index contributed by atoms with van der Waals surface area (Å²) < 4.78 is 2.33. The molecule has 0 N–H and O–H groups in total. The van der Waals surface area contributed by atoms with Crippen LogP contribution in [0.2, 0.25) is 0 Å². The van der Waals surface area contributed by atoms with E-state index in [4.69, 9.17) is 11.6 Å². The smallest absolute Gasteiger partial charge is 0.113 e. The molecule has 2 aromatic carbocycles. The predicted molar refractivity (Wildman–Crippen MR) is 90.2 cm³/mol. The van der Waals surface area contributed by atoms with Gasteiger partial charge in [0.1, 0.15) is 5.01 Å². The Hall–Kier alpha value is -1.84. The Labute approximate surface area is 131 Å². The number of rotatable bonds is 3. The van der Waals surface area contributed by atoms with Crippen LogP contribution < -0.4 is 0 Å². The highest BCUT2D eigenvalue weighted by atomic mass is 35.5. The van der Waals surface area contributed by atoms with Crippen molar-refractivity contribution in [2.45, 2.75) is 12.4 Å². The van der Waals surface area contributed by atoms with E-state index in [0.717, 1.165) is 17.2 Å². The van der Waals surface area contributed by atoms with Gasteiger partial charge >= 0.3 is 0 Å². The molecule has 0 atom stereocenters. The second-order valence-corrected chi connectivity index (χ2v) is 6.20. The van der Waals surface area contributed by atoms with E-state index in [2.05, 4.69) is 58.1 Å².